The van der Waals surface area contributed by atoms with E-state index >= 15 is 0 Å². The Morgan fingerprint density at radius 2 is 1.97 bits per heavy atom. The van der Waals surface area contributed by atoms with Gasteiger partial charge in [-0.1, -0.05) is 54.4 Å². The molecule has 0 spiro atoms. The van der Waals surface area contributed by atoms with Gasteiger partial charge in [-0.25, -0.2) is 9.37 Å². The predicted molar refractivity (Wildman–Crippen MR) is 122 cm³/mol. The zero-order valence-corrected chi connectivity index (χ0v) is 18.8. The van der Waals surface area contributed by atoms with Crippen molar-refractivity contribution in [1.82, 2.24) is 14.5 Å². The van der Waals surface area contributed by atoms with Crippen LogP contribution in [0, 0.1) is 5.82 Å². The van der Waals surface area contributed by atoms with Crippen LogP contribution in [0.15, 0.2) is 52.4 Å². The van der Waals surface area contributed by atoms with Gasteiger partial charge in [0.2, 0.25) is 5.91 Å². The largest absolute Gasteiger partial charge is 0.341 e. The molecule has 0 bridgehead atoms. The second kappa shape index (κ2) is 9.40. The number of nitrogens with zero attached hydrogens (tertiary/aromatic N) is 3. The fraction of sp³-hybridized carbons (Fsp3) is 0.348. The molecule has 1 aromatic heterocycles. The zero-order chi connectivity index (χ0) is 22.0. The Hall–Kier alpha value is -2.38. The highest BCUT2D eigenvalue weighted by Gasteiger charge is 2.24. The molecule has 1 heterocycles. The SMILES string of the molecule is CN(Cc1c(F)cccc1Cl)C(=O)CSc1nc2ccccc2c(=O)n1C1CCCC1. The lowest BCUT2D eigenvalue weighted by atomic mass is 10.2. The van der Waals surface area contributed by atoms with Gasteiger partial charge in [-0.2, -0.15) is 0 Å². The monoisotopic (exact) mass is 459 g/mol. The highest BCUT2D eigenvalue weighted by molar-refractivity contribution is 7.99. The van der Waals surface area contributed by atoms with Crippen LogP contribution >= 0.6 is 23.4 Å². The van der Waals surface area contributed by atoms with Gasteiger partial charge in [0.15, 0.2) is 5.16 Å². The van der Waals surface area contributed by atoms with Crippen LogP contribution in [0.3, 0.4) is 0 Å². The average molecular weight is 460 g/mol. The lowest BCUT2D eigenvalue weighted by Gasteiger charge is -2.20. The molecule has 0 aliphatic heterocycles. The first-order valence-electron chi connectivity index (χ1n) is 10.3. The molecule has 2 aromatic carbocycles. The van der Waals surface area contributed by atoms with Crippen molar-refractivity contribution in [3.63, 3.8) is 0 Å². The molecule has 1 aliphatic rings. The minimum Gasteiger partial charge on any atom is -0.341 e. The third-order valence-electron chi connectivity index (χ3n) is 5.67. The Labute approximate surface area is 189 Å². The molecule has 1 aliphatic carbocycles. The van der Waals surface area contributed by atoms with Crippen LogP contribution in [-0.4, -0.2) is 33.2 Å². The van der Waals surface area contributed by atoms with Crippen LogP contribution in [0.1, 0.15) is 37.3 Å². The number of carbonyl (C=O) groups excluding carboxylic acids is 1. The van der Waals surface area contributed by atoms with E-state index in [0.717, 1.165) is 25.7 Å². The van der Waals surface area contributed by atoms with E-state index in [2.05, 4.69) is 0 Å². The van der Waals surface area contributed by atoms with Gasteiger partial charge in [-0.05, 0) is 37.1 Å². The van der Waals surface area contributed by atoms with E-state index in [1.165, 1.54) is 28.8 Å². The topological polar surface area (TPSA) is 55.2 Å². The molecule has 0 radical (unpaired) electrons. The van der Waals surface area contributed by atoms with Gasteiger partial charge >= 0.3 is 0 Å². The third-order valence-corrected chi connectivity index (χ3v) is 6.96. The summed E-state index contributed by atoms with van der Waals surface area (Å²) in [6.07, 6.45) is 4.04. The molecule has 0 N–H and O–H groups in total. The summed E-state index contributed by atoms with van der Waals surface area (Å²) in [5.74, 6) is -0.532. The van der Waals surface area contributed by atoms with Gasteiger partial charge in [-0.3, -0.25) is 14.2 Å². The lowest BCUT2D eigenvalue weighted by Crippen LogP contribution is -2.30. The molecular weight excluding hydrogens is 437 g/mol. The molecule has 0 saturated heterocycles. The summed E-state index contributed by atoms with van der Waals surface area (Å²) < 4.78 is 15.8. The Kier molecular flexibility index (Phi) is 6.62. The smallest absolute Gasteiger partial charge is 0.262 e. The highest BCUT2D eigenvalue weighted by Crippen LogP contribution is 2.32. The van der Waals surface area contributed by atoms with E-state index in [1.807, 2.05) is 18.2 Å². The summed E-state index contributed by atoms with van der Waals surface area (Å²) in [6.45, 7) is 0.0749. The second-order valence-corrected chi connectivity index (χ2v) is 9.11. The van der Waals surface area contributed by atoms with Crippen molar-refractivity contribution in [2.24, 2.45) is 0 Å². The van der Waals surface area contributed by atoms with Gasteiger partial charge < -0.3 is 4.90 Å². The maximum absolute atomic E-state index is 14.1. The zero-order valence-electron chi connectivity index (χ0n) is 17.2. The van der Waals surface area contributed by atoms with Crippen molar-refractivity contribution in [2.75, 3.05) is 12.8 Å². The molecular formula is C23H23ClFN3O2S. The quantitative estimate of drug-likeness (QED) is 0.382. The van der Waals surface area contributed by atoms with Crippen molar-refractivity contribution >= 4 is 40.2 Å². The van der Waals surface area contributed by atoms with E-state index in [4.69, 9.17) is 16.6 Å². The molecule has 8 heteroatoms. The van der Waals surface area contributed by atoms with Gasteiger partial charge in [0.1, 0.15) is 5.82 Å². The number of hydrogen-bond donors (Lipinski definition) is 0. The summed E-state index contributed by atoms with van der Waals surface area (Å²) in [4.78, 5) is 32.1. The number of fused-ring (bicyclic) bond motifs is 1. The predicted octanol–water partition coefficient (Wildman–Crippen LogP) is 5.05. The average Bonchev–Trinajstić information content (AvgIpc) is 3.29. The van der Waals surface area contributed by atoms with E-state index in [0.29, 0.717) is 21.1 Å². The highest BCUT2D eigenvalue weighted by atomic mass is 35.5. The van der Waals surface area contributed by atoms with E-state index in [9.17, 15) is 14.0 Å². The standard InChI is InChI=1S/C23H23ClFN3O2S/c1-27(13-17-18(24)10-6-11-19(17)25)21(29)14-31-23-26-20-12-5-4-9-16(20)22(30)28(23)15-7-2-3-8-15/h4-6,9-12,15H,2-3,7-8,13-14H2,1H3. The Morgan fingerprint density at radius 1 is 1.23 bits per heavy atom. The summed E-state index contributed by atoms with van der Waals surface area (Å²) in [5, 5.41) is 1.44. The summed E-state index contributed by atoms with van der Waals surface area (Å²) in [6, 6.07) is 11.9. The number of carbonyl (C=O) groups is 1. The minimum absolute atomic E-state index is 0.0565. The number of aromatic nitrogens is 2. The summed E-state index contributed by atoms with van der Waals surface area (Å²) in [5.41, 5.74) is 0.860. The molecule has 3 aromatic rings. The Balaban J connectivity index is 1.56. The van der Waals surface area contributed by atoms with E-state index in [1.54, 1.807) is 23.7 Å². The van der Waals surface area contributed by atoms with Gasteiger partial charge in [0, 0.05) is 30.2 Å². The lowest BCUT2D eigenvalue weighted by molar-refractivity contribution is -0.127. The summed E-state index contributed by atoms with van der Waals surface area (Å²) in [7, 11) is 1.61. The maximum atomic E-state index is 14.1. The number of rotatable bonds is 6. The van der Waals surface area contributed by atoms with Crippen LogP contribution in [0.5, 0.6) is 0 Å². The number of halogens is 2. The molecule has 1 saturated carbocycles. The van der Waals surface area contributed by atoms with Crippen molar-refractivity contribution in [1.29, 1.82) is 0 Å². The third kappa shape index (κ3) is 4.62. The molecule has 1 fully saturated rings. The number of hydrogen-bond acceptors (Lipinski definition) is 4. The Bertz CT molecular complexity index is 1160. The molecule has 5 nitrogen and oxygen atoms in total. The molecule has 0 atom stereocenters. The first kappa shape index (κ1) is 21.8. The van der Waals surface area contributed by atoms with Gasteiger partial charge in [0.05, 0.1) is 16.7 Å². The second-order valence-electron chi connectivity index (χ2n) is 7.76. The van der Waals surface area contributed by atoms with E-state index in [-0.39, 0.29) is 35.4 Å². The normalized spacial score (nSPS) is 14.3. The molecule has 1 amide bonds. The van der Waals surface area contributed by atoms with Crippen LogP contribution in [0.2, 0.25) is 5.02 Å². The number of amides is 1. The number of benzene rings is 2. The first-order chi connectivity index (χ1) is 15.0. The summed E-state index contributed by atoms with van der Waals surface area (Å²) >= 11 is 7.34. The van der Waals surface area contributed by atoms with Crippen molar-refractivity contribution < 1.29 is 9.18 Å². The number of para-hydroxylation sites is 1. The van der Waals surface area contributed by atoms with Crippen LogP contribution in [0.25, 0.3) is 10.9 Å². The fourth-order valence-corrected chi connectivity index (χ4v) is 5.19. The van der Waals surface area contributed by atoms with Crippen LogP contribution < -0.4 is 5.56 Å². The van der Waals surface area contributed by atoms with E-state index < -0.39 is 5.82 Å². The van der Waals surface area contributed by atoms with Gasteiger partial charge in [0.25, 0.3) is 5.56 Å². The van der Waals surface area contributed by atoms with Crippen LogP contribution in [-0.2, 0) is 11.3 Å². The first-order valence-corrected chi connectivity index (χ1v) is 11.6. The molecule has 0 unspecified atom stereocenters. The fourth-order valence-electron chi connectivity index (χ4n) is 3.96. The number of thioether (sulfide) groups is 1. The van der Waals surface area contributed by atoms with Crippen molar-refractivity contribution in [3.05, 3.63) is 69.2 Å². The molecule has 4 rings (SSSR count). The van der Waals surface area contributed by atoms with Gasteiger partial charge in [-0.15, -0.1) is 0 Å². The molecule has 162 valence electrons. The molecule has 31 heavy (non-hydrogen) atoms. The maximum Gasteiger partial charge on any atom is 0.262 e. The van der Waals surface area contributed by atoms with Crippen molar-refractivity contribution in [3.8, 4) is 0 Å². The Morgan fingerprint density at radius 3 is 2.71 bits per heavy atom. The van der Waals surface area contributed by atoms with Crippen molar-refractivity contribution in [2.45, 2.75) is 43.4 Å². The minimum atomic E-state index is -0.439. The van der Waals surface area contributed by atoms with Crippen LogP contribution in [0.4, 0.5) is 4.39 Å².